The number of ether oxygens (including phenoxy) is 4. The van der Waals surface area contributed by atoms with Crippen LogP contribution in [-0.2, 0) is 74.0 Å². The molecule has 32 nitrogen and oxygen atoms in total. The summed E-state index contributed by atoms with van der Waals surface area (Å²) in [5.41, 5.74) is -3.47. The lowest BCUT2D eigenvalue weighted by Gasteiger charge is -2.31. The van der Waals surface area contributed by atoms with E-state index in [1.165, 1.54) is 37.4 Å². The minimum absolute atomic E-state index is 0.0108. The van der Waals surface area contributed by atoms with Crippen LogP contribution in [0.5, 0.6) is 17.2 Å². The maximum absolute atomic E-state index is 13.8. The van der Waals surface area contributed by atoms with Crippen LogP contribution in [0.15, 0.2) is 79.1 Å². The van der Waals surface area contributed by atoms with Crippen molar-refractivity contribution in [3.63, 3.8) is 0 Å². The Kier molecular flexibility index (Phi) is 18.5. The number of fused-ring (bicyclic) bond motifs is 4. The third-order valence-electron chi connectivity index (χ3n) is 16.3. The fraction of sp³-hybridized carbons (Fsp3) is 0.418. The molecule has 0 saturated carbocycles. The van der Waals surface area contributed by atoms with Crippen LogP contribution < -0.4 is 41.9 Å². The Bertz CT molecular complexity index is 4650. The number of nitro benzene ring substituents is 1. The maximum atomic E-state index is 13.8. The van der Waals surface area contributed by atoms with Crippen molar-refractivity contribution < 1.29 is 106 Å². The summed E-state index contributed by atoms with van der Waals surface area (Å²) in [6, 6.07) is 10.9. The first-order chi connectivity index (χ1) is 42.3. The number of aliphatic hydroxyl groups excluding tert-OH is 1. The molecule has 8 atom stereocenters. The van der Waals surface area contributed by atoms with E-state index in [1.807, 2.05) is 34.6 Å². The summed E-state index contributed by atoms with van der Waals surface area (Å²) in [5, 5.41) is 29.3. The fourth-order valence-corrected chi connectivity index (χ4v) is 15.7. The summed E-state index contributed by atoms with van der Waals surface area (Å²) < 4.78 is 147. The second kappa shape index (κ2) is 24.5. The molecule has 10 N–H and O–H groups in total. The van der Waals surface area contributed by atoms with E-state index < -0.39 is 159 Å². The van der Waals surface area contributed by atoms with Gasteiger partial charge in [0.25, 0.3) is 37.4 Å². The molecule has 37 heteroatoms. The Hall–Kier alpha value is -6.83. The molecule has 9 rings (SSSR count). The minimum Gasteiger partial charge on any atom is -0.495 e. The fourth-order valence-electron chi connectivity index (χ4n) is 11.1. The van der Waals surface area contributed by atoms with Crippen molar-refractivity contribution in [1.29, 1.82) is 0 Å². The summed E-state index contributed by atoms with van der Waals surface area (Å²) in [4.78, 5) is 94.3. The number of hydrogen-bond donors (Lipinski definition) is 10. The Balaban J connectivity index is 0.959. The number of methoxy groups -OCH3 is 1. The molecule has 4 aliphatic rings. The molecule has 5 heterocycles. The SMILES string of the molecule is COc1cc([C@@H](OCc2cn([C@H]3C[C@@H](O)[C@@H](COP(=O)(O)OP(=O)(O)OP(=O)(O)O)O3)c(=O)[nH]c2=O)C(C)(C)C)c([N+](=O)[O-])cc1C#CCNC(=O)c1ccc(C2=c3cc4c(c(S(=O)(=O)O)c3Oc3c2cc2c(c3S(=O)(=O)O)NC(C)C2(C)C)=NC(C)C4(C)C)cc1. The van der Waals surface area contributed by atoms with E-state index in [2.05, 4.69) is 45.6 Å². The number of hydrogen-bond acceptors (Lipinski definition) is 22. The van der Waals surface area contributed by atoms with Gasteiger partial charge in [-0.15, -0.1) is 0 Å². The van der Waals surface area contributed by atoms with E-state index in [9.17, 15) is 79.0 Å². The number of rotatable bonds is 19. The zero-order valence-electron chi connectivity index (χ0n) is 50.4. The summed E-state index contributed by atoms with van der Waals surface area (Å²) in [5.74, 6) is 4.06. The van der Waals surface area contributed by atoms with Crippen molar-refractivity contribution in [1.82, 2.24) is 14.9 Å². The normalized spacial score (nSPS) is 21.3. The number of nitro groups is 1. The third-order valence-corrected chi connectivity index (χ3v) is 21.9. The smallest absolute Gasteiger partial charge is 0.490 e. The molecule has 1 saturated heterocycles. The van der Waals surface area contributed by atoms with Crippen LogP contribution in [0.1, 0.15) is 130 Å². The molecular formula is C55H63N6O26P3S2. The quantitative estimate of drug-likeness (QED) is 0.0172. The lowest BCUT2D eigenvalue weighted by atomic mass is 9.78. The zero-order chi connectivity index (χ0) is 68.1. The van der Waals surface area contributed by atoms with E-state index in [1.54, 1.807) is 39.8 Å². The molecule has 5 aromatic rings. The maximum Gasteiger partial charge on any atom is 0.490 e. The number of carbonyl (C=O) groups is 1. The molecular weight excluding hydrogens is 1320 g/mol. The van der Waals surface area contributed by atoms with E-state index in [4.69, 9.17) is 28.7 Å². The van der Waals surface area contributed by atoms with E-state index in [0.29, 0.717) is 16.7 Å². The van der Waals surface area contributed by atoms with Crippen molar-refractivity contribution in [3.8, 4) is 29.1 Å². The van der Waals surface area contributed by atoms with Crippen LogP contribution in [0.2, 0.25) is 0 Å². The van der Waals surface area contributed by atoms with Crippen LogP contribution in [0.25, 0.3) is 5.57 Å². The van der Waals surface area contributed by atoms with Crippen molar-refractivity contribution in [2.24, 2.45) is 10.4 Å². The number of phosphoric ester groups is 1. The number of phosphoric acid groups is 3. The first-order valence-corrected chi connectivity index (χ1v) is 35.0. The monoisotopic (exact) mass is 1380 g/mol. The zero-order valence-corrected chi connectivity index (χ0v) is 54.7. The van der Waals surface area contributed by atoms with Gasteiger partial charge in [-0.3, -0.25) is 47.9 Å². The predicted molar refractivity (Wildman–Crippen MR) is 322 cm³/mol. The average molecular weight is 1380 g/mol. The van der Waals surface area contributed by atoms with Crippen molar-refractivity contribution >= 4 is 66.6 Å². The van der Waals surface area contributed by atoms with E-state index >= 15 is 0 Å². The number of nitrogens with one attached hydrogen (secondary N) is 3. The highest BCUT2D eigenvalue weighted by Crippen LogP contribution is 2.66. The minimum atomic E-state index is -5.88. The second-order valence-electron chi connectivity index (χ2n) is 24.2. The van der Waals surface area contributed by atoms with Crippen LogP contribution in [-0.4, -0.2) is 116 Å². The van der Waals surface area contributed by atoms with Crippen molar-refractivity contribution in [3.05, 3.63) is 141 Å². The molecule has 1 amide bonds. The Labute approximate surface area is 523 Å². The molecule has 1 fully saturated rings. The molecule has 1 aromatic heterocycles. The number of benzene rings is 4. The highest BCUT2D eigenvalue weighted by atomic mass is 32.2. The van der Waals surface area contributed by atoms with Gasteiger partial charge in [0.1, 0.15) is 18.1 Å². The van der Waals surface area contributed by atoms with Crippen LogP contribution in [0, 0.1) is 27.4 Å². The number of carbonyl (C=O) groups excluding carboxylic acids is 1. The van der Waals surface area contributed by atoms with Crippen LogP contribution in [0.4, 0.5) is 11.4 Å². The van der Waals surface area contributed by atoms with Crippen molar-refractivity contribution in [2.45, 2.75) is 133 Å². The number of nitrogens with zero attached hydrogens (tertiary/aromatic N) is 3. The van der Waals surface area contributed by atoms with E-state index in [-0.39, 0.29) is 68.0 Å². The molecule has 0 spiro atoms. The Morgan fingerprint density at radius 2 is 1.59 bits per heavy atom. The number of aromatic nitrogens is 2. The Morgan fingerprint density at radius 3 is 2.18 bits per heavy atom. The standard InChI is InChI=1S/C55H63N6O26P3S2/c1-26-54(6,7)35-19-33-42(34-20-36-44(58-27(2)55(36,8)9)48(92(78,79)80)46(34)85-45(33)47(43(35)57-26)91(75,76)77)28-13-15-29(16-14-28)50(63)56-17-11-12-30-18-37(61(66)67)32(21-39(30)81-10)49(53(3,4)5)82-24-31-23-60(52(65)59-51(31)64)41-22-38(62)40(84-41)25-83-89(71,72)87-90(73,74)86-88(68,69)70/h13-16,18-21,23,26-27,38,40-41,49,57,62H,17,22,24-25H2,1-10H3,(H,56,63)(H,71,72)(H,73,74)(H,59,64,65)(H2,68,69,70)(H,75,76,77)(H,78,79,80)/t26?,27?,38-,40-,41-,49-/m1/s1. The molecule has 4 aromatic carbocycles. The first-order valence-electron chi connectivity index (χ1n) is 27.6. The number of aliphatic hydroxyl groups is 1. The van der Waals surface area contributed by atoms with Gasteiger partial charge in [0.2, 0.25) is 0 Å². The first kappa shape index (κ1) is 69.5. The van der Waals surface area contributed by atoms with Crippen LogP contribution in [0.3, 0.4) is 0 Å². The summed E-state index contributed by atoms with van der Waals surface area (Å²) >= 11 is 0. The van der Waals surface area contributed by atoms with Gasteiger partial charge in [-0.05, 0) is 66.3 Å². The lowest BCUT2D eigenvalue weighted by Crippen LogP contribution is -2.35. The van der Waals surface area contributed by atoms with E-state index in [0.717, 1.165) is 16.8 Å². The highest BCUT2D eigenvalue weighted by Gasteiger charge is 2.47. The Morgan fingerprint density at radius 1 is 0.935 bits per heavy atom. The molecule has 496 valence electrons. The summed E-state index contributed by atoms with van der Waals surface area (Å²) in [6.07, 6.45) is -5.12. The molecule has 0 bridgehead atoms. The average Bonchev–Trinajstić information content (AvgIpc) is 1.13. The van der Waals surface area contributed by atoms with Gasteiger partial charge in [0.05, 0.1) is 77.8 Å². The second-order valence-corrected chi connectivity index (χ2v) is 31.3. The van der Waals surface area contributed by atoms with Gasteiger partial charge in [0, 0.05) is 57.5 Å². The molecule has 92 heavy (non-hydrogen) atoms. The lowest BCUT2D eigenvalue weighted by molar-refractivity contribution is -0.386. The molecule has 4 unspecified atom stereocenters. The molecule has 0 radical (unpaired) electrons. The summed E-state index contributed by atoms with van der Waals surface area (Å²) in [7, 11) is -26.2. The number of anilines is 1. The van der Waals surface area contributed by atoms with Gasteiger partial charge in [-0.2, -0.15) is 25.5 Å². The van der Waals surface area contributed by atoms with Gasteiger partial charge >= 0.3 is 29.2 Å². The van der Waals surface area contributed by atoms with Gasteiger partial charge < -0.3 is 54.3 Å². The predicted octanol–water partition coefficient (Wildman–Crippen LogP) is 4.77. The van der Waals surface area contributed by atoms with Crippen LogP contribution >= 0.6 is 23.5 Å². The van der Waals surface area contributed by atoms with Crippen molar-refractivity contribution in [2.75, 3.05) is 25.6 Å². The van der Waals surface area contributed by atoms with Gasteiger partial charge in [0.15, 0.2) is 21.3 Å². The molecule has 0 aliphatic carbocycles. The summed E-state index contributed by atoms with van der Waals surface area (Å²) in [6.45, 7) is 14.1. The number of amides is 1. The number of H-pyrrole nitrogens is 1. The topological polar surface area (TPSA) is 477 Å². The molecule has 4 aliphatic heterocycles. The third kappa shape index (κ3) is 13.9. The van der Waals surface area contributed by atoms with Gasteiger partial charge in [-0.25, -0.2) is 18.5 Å². The largest absolute Gasteiger partial charge is 0.495 e. The van der Waals surface area contributed by atoms with Gasteiger partial charge in [-0.1, -0.05) is 72.4 Å². The number of aromatic amines is 1. The highest BCUT2D eigenvalue weighted by molar-refractivity contribution is 7.86.